The minimum absolute atomic E-state index is 0.0412. The molecule has 2 saturated heterocycles. The maximum Gasteiger partial charge on any atom is 0.224 e. The van der Waals surface area contributed by atoms with E-state index in [9.17, 15) is 4.79 Å². The first-order chi connectivity index (χ1) is 14.7. The van der Waals surface area contributed by atoms with Crippen LogP contribution in [0.2, 0.25) is 0 Å². The molecule has 2 aliphatic heterocycles. The molecule has 1 N–H and O–H groups in total. The highest BCUT2D eigenvalue weighted by molar-refractivity contribution is 5.79. The number of rotatable bonds is 4. The molecule has 30 heavy (non-hydrogen) atoms. The van der Waals surface area contributed by atoms with Crippen molar-refractivity contribution in [3.8, 4) is 0 Å². The number of hydrogen-bond donors (Lipinski definition) is 1. The monoisotopic (exact) mass is 410 g/mol. The summed E-state index contributed by atoms with van der Waals surface area (Å²) in [7, 11) is 0. The number of nitrogens with one attached hydrogen (secondary N) is 1. The number of carbonyl (C=O) groups excluding carboxylic acids is 1. The zero-order valence-electron chi connectivity index (χ0n) is 18.1. The summed E-state index contributed by atoms with van der Waals surface area (Å²) in [6.45, 7) is 7.32. The molecule has 4 heterocycles. The zero-order valence-corrected chi connectivity index (χ0v) is 18.1. The van der Waals surface area contributed by atoms with Crippen molar-refractivity contribution in [1.82, 2.24) is 20.1 Å². The maximum absolute atomic E-state index is 13.1. The molecule has 2 fully saturated rings. The lowest BCUT2D eigenvalue weighted by Gasteiger charge is -2.43. The molecule has 0 radical (unpaired) electrons. The predicted octanol–water partition coefficient (Wildman–Crippen LogP) is 3.37. The summed E-state index contributed by atoms with van der Waals surface area (Å²) in [5, 5.41) is 3.22. The standard InChI is InChI=1S/C24H34N4O2/c1-19-6-7-21(30-19)17-27-15-10-22-23(18-27)28(16-20-8-12-25-13-9-20)14-5-3-2-4-11-26-24(22)29/h6-9,12-13,22-23H,2-5,10-11,14-18H2,1H3,(H,26,29). The van der Waals surface area contributed by atoms with Gasteiger partial charge in [-0.15, -0.1) is 0 Å². The van der Waals surface area contributed by atoms with Gasteiger partial charge in [0, 0.05) is 38.1 Å². The number of furan rings is 1. The van der Waals surface area contributed by atoms with Crippen molar-refractivity contribution in [1.29, 1.82) is 0 Å². The van der Waals surface area contributed by atoms with Crippen LogP contribution in [0.25, 0.3) is 0 Å². The summed E-state index contributed by atoms with van der Waals surface area (Å²) in [6, 6.07) is 8.48. The Hall–Kier alpha value is -2.18. The fourth-order valence-electron chi connectivity index (χ4n) is 4.83. The van der Waals surface area contributed by atoms with Crippen molar-refractivity contribution in [2.45, 2.75) is 58.2 Å². The quantitative estimate of drug-likeness (QED) is 0.837. The third kappa shape index (κ3) is 5.49. The van der Waals surface area contributed by atoms with Gasteiger partial charge in [-0.3, -0.25) is 19.6 Å². The molecule has 2 aromatic heterocycles. The van der Waals surface area contributed by atoms with Crippen LogP contribution in [0.3, 0.4) is 0 Å². The maximum atomic E-state index is 13.1. The lowest BCUT2D eigenvalue weighted by Crippen LogP contribution is -2.56. The van der Waals surface area contributed by atoms with Crippen LogP contribution in [0.4, 0.5) is 0 Å². The van der Waals surface area contributed by atoms with Crippen LogP contribution in [0.5, 0.6) is 0 Å². The Morgan fingerprint density at radius 2 is 1.90 bits per heavy atom. The number of piperidine rings is 1. The molecule has 162 valence electrons. The third-order valence-electron chi connectivity index (χ3n) is 6.45. The Morgan fingerprint density at radius 3 is 2.70 bits per heavy atom. The van der Waals surface area contributed by atoms with Gasteiger partial charge in [-0.05, 0) is 69.1 Å². The van der Waals surface area contributed by atoms with Gasteiger partial charge in [0.25, 0.3) is 0 Å². The molecule has 0 bridgehead atoms. The fourth-order valence-corrected chi connectivity index (χ4v) is 4.83. The highest BCUT2D eigenvalue weighted by Gasteiger charge is 2.37. The lowest BCUT2D eigenvalue weighted by atomic mass is 9.88. The second kappa shape index (κ2) is 10.2. The van der Waals surface area contributed by atoms with Crippen molar-refractivity contribution in [3.05, 3.63) is 53.7 Å². The van der Waals surface area contributed by atoms with Crippen molar-refractivity contribution in [2.24, 2.45) is 5.92 Å². The van der Waals surface area contributed by atoms with Crippen molar-refractivity contribution < 1.29 is 9.21 Å². The van der Waals surface area contributed by atoms with Crippen LogP contribution < -0.4 is 5.32 Å². The number of carbonyl (C=O) groups is 1. The van der Waals surface area contributed by atoms with E-state index in [1.165, 1.54) is 24.8 Å². The summed E-state index contributed by atoms with van der Waals surface area (Å²) in [4.78, 5) is 22.2. The van der Waals surface area contributed by atoms with Crippen molar-refractivity contribution >= 4 is 5.91 Å². The van der Waals surface area contributed by atoms with Gasteiger partial charge < -0.3 is 9.73 Å². The van der Waals surface area contributed by atoms with Crippen LogP contribution in [-0.4, -0.2) is 52.9 Å². The molecular formula is C24H34N4O2. The summed E-state index contributed by atoms with van der Waals surface area (Å²) in [5.74, 6) is 2.23. The van der Waals surface area contributed by atoms with Gasteiger partial charge in [0.2, 0.25) is 5.91 Å². The smallest absolute Gasteiger partial charge is 0.224 e. The Bertz CT molecular complexity index is 807. The molecule has 2 unspecified atom stereocenters. The first-order valence-electron chi connectivity index (χ1n) is 11.4. The van der Waals surface area contributed by atoms with Crippen LogP contribution in [0.1, 0.15) is 49.2 Å². The number of amides is 1. The minimum atomic E-state index is 0.0412. The average Bonchev–Trinajstić information content (AvgIpc) is 3.15. The van der Waals surface area contributed by atoms with Gasteiger partial charge in [-0.1, -0.05) is 12.8 Å². The number of aryl methyl sites for hydroxylation is 1. The molecule has 2 aliphatic rings. The summed E-state index contributed by atoms with van der Waals surface area (Å²) in [6.07, 6.45) is 9.27. The van der Waals surface area contributed by atoms with E-state index >= 15 is 0 Å². The highest BCUT2D eigenvalue weighted by atomic mass is 16.3. The summed E-state index contributed by atoms with van der Waals surface area (Å²) in [5.41, 5.74) is 1.26. The average molecular weight is 411 g/mol. The fraction of sp³-hybridized carbons (Fsp3) is 0.583. The Kier molecular flexibility index (Phi) is 7.18. The van der Waals surface area contributed by atoms with E-state index in [-0.39, 0.29) is 17.9 Å². The minimum Gasteiger partial charge on any atom is -0.465 e. The Labute approximate surface area is 179 Å². The van der Waals surface area contributed by atoms with E-state index in [0.717, 1.165) is 63.6 Å². The molecule has 0 aliphatic carbocycles. The molecule has 0 aromatic carbocycles. The van der Waals surface area contributed by atoms with Crippen LogP contribution in [0.15, 0.2) is 41.1 Å². The molecule has 0 saturated carbocycles. The molecule has 4 rings (SSSR count). The molecule has 6 nitrogen and oxygen atoms in total. The normalized spacial score (nSPS) is 24.6. The highest BCUT2D eigenvalue weighted by Crippen LogP contribution is 2.27. The summed E-state index contributed by atoms with van der Waals surface area (Å²) >= 11 is 0. The number of aromatic nitrogens is 1. The van der Waals surface area contributed by atoms with Crippen molar-refractivity contribution in [2.75, 3.05) is 26.2 Å². The van der Waals surface area contributed by atoms with E-state index < -0.39 is 0 Å². The zero-order chi connectivity index (χ0) is 20.8. The number of fused-ring (bicyclic) bond motifs is 1. The van der Waals surface area contributed by atoms with Crippen LogP contribution in [-0.2, 0) is 17.9 Å². The van der Waals surface area contributed by atoms with E-state index in [1.54, 1.807) is 0 Å². The molecule has 6 heteroatoms. The topological polar surface area (TPSA) is 61.6 Å². The molecule has 2 aromatic rings. The largest absolute Gasteiger partial charge is 0.465 e. The summed E-state index contributed by atoms with van der Waals surface area (Å²) < 4.78 is 5.82. The van der Waals surface area contributed by atoms with Crippen LogP contribution >= 0.6 is 0 Å². The van der Waals surface area contributed by atoms with E-state index in [4.69, 9.17) is 4.42 Å². The SMILES string of the molecule is Cc1ccc(CN2CCC3C(=O)NCCCCCCN(Cc4ccncc4)C3C2)o1. The Balaban J connectivity index is 1.54. The van der Waals surface area contributed by atoms with E-state index in [0.29, 0.717) is 0 Å². The molecule has 2 atom stereocenters. The first kappa shape index (κ1) is 21.1. The van der Waals surface area contributed by atoms with Gasteiger partial charge in [0.1, 0.15) is 11.5 Å². The second-order valence-electron chi connectivity index (χ2n) is 8.74. The van der Waals surface area contributed by atoms with E-state index in [2.05, 4.69) is 38.3 Å². The van der Waals surface area contributed by atoms with Gasteiger partial charge in [-0.25, -0.2) is 0 Å². The number of pyridine rings is 1. The van der Waals surface area contributed by atoms with Crippen LogP contribution in [0, 0.1) is 12.8 Å². The number of hydrogen-bond acceptors (Lipinski definition) is 5. The lowest BCUT2D eigenvalue weighted by molar-refractivity contribution is -0.129. The number of nitrogens with zero attached hydrogens (tertiary/aromatic N) is 3. The molecular weight excluding hydrogens is 376 g/mol. The van der Waals surface area contributed by atoms with Gasteiger partial charge in [0.15, 0.2) is 0 Å². The second-order valence-corrected chi connectivity index (χ2v) is 8.74. The van der Waals surface area contributed by atoms with E-state index in [1.807, 2.05) is 25.4 Å². The first-order valence-corrected chi connectivity index (χ1v) is 11.4. The van der Waals surface area contributed by atoms with Crippen molar-refractivity contribution in [3.63, 3.8) is 0 Å². The Morgan fingerprint density at radius 1 is 1.07 bits per heavy atom. The molecule has 1 amide bonds. The predicted molar refractivity (Wildman–Crippen MR) is 117 cm³/mol. The van der Waals surface area contributed by atoms with Gasteiger partial charge in [0.05, 0.1) is 12.5 Å². The van der Waals surface area contributed by atoms with Gasteiger partial charge >= 0.3 is 0 Å². The number of likely N-dealkylation sites (tertiary alicyclic amines) is 1. The third-order valence-corrected chi connectivity index (χ3v) is 6.45. The van der Waals surface area contributed by atoms with Gasteiger partial charge in [-0.2, -0.15) is 0 Å². The molecule has 0 spiro atoms.